The van der Waals surface area contributed by atoms with E-state index < -0.39 is 0 Å². The van der Waals surface area contributed by atoms with Crippen LogP contribution in [0.15, 0.2) is 0 Å². The fourth-order valence-electron chi connectivity index (χ4n) is 3.99. The Morgan fingerprint density at radius 3 is 2.33 bits per heavy atom. The highest BCUT2D eigenvalue weighted by atomic mass is 16.5. The molecule has 0 aromatic rings. The quantitative estimate of drug-likeness (QED) is 0.696. The number of fused-ring (bicyclic) bond motifs is 2. The van der Waals surface area contributed by atoms with Crippen LogP contribution in [0.25, 0.3) is 0 Å². The summed E-state index contributed by atoms with van der Waals surface area (Å²) in [5, 5.41) is 3.86. The fraction of sp³-hybridized carbons (Fsp3) is 1.00. The zero-order chi connectivity index (χ0) is 15.2. The smallest absolute Gasteiger partial charge is 0.0489 e. The number of hydrogen-bond donors (Lipinski definition) is 1. The molecule has 2 aliphatic rings. The van der Waals surface area contributed by atoms with Gasteiger partial charge in [-0.25, -0.2) is 0 Å². The van der Waals surface area contributed by atoms with E-state index in [0.29, 0.717) is 12.0 Å². The van der Waals surface area contributed by atoms with Crippen molar-refractivity contribution in [1.29, 1.82) is 0 Å². The maximum absolute atomic E-state index is 5.68. The molecule has 2 bridgehead atoms. The van der Waals surface area contributed by atoms with E-state index in [4.69, 9.17) is 4.74 Å². The largest absolute Gasteiger partial charge is 0.381 e. The molecule has 0 spiro atoms. The molecule has 1 saturated carbocycles. The molecule has 1 aliphatic heterocycles. The van der Waals surface area contributed by atoms with Crippen molar-refractivity contribution in [3.8, 4) is 0 Å². The highest BCUT2D eigenvalue weighted by Gasteiger charge is 2.39. The van der Waals surface area contributed by atoms with Gasteiger partial charge in [0.15, 0.2) is 0 Å². The minimum absolute atomic E-state index is 0.651. The molecule has 3 nitrogen and oxygen atoms in total. The lowest BCUT2D eigenvalue weighted by molar-refractivity contribution is 0.0282. The summed E-state index contributed by atoms with van der Waals surface area (Å²) in [7, 11) is 0. The van der Waals surface area contributed by atoms with E-state index in [0.717, 1.165) is 44.1 Å². The van der Waals surface area contributed by atoms with Crippen LogP contribution >= 0.6 is 0 Å². The third-order valence-corrected chi connectivity index (χ3v) is 5.13. The molecule has 0 amide bonds. The van der Waals surface area contributed by atoms with Crippen molar-refractivity contribution in [1.82, 2.24) is 10.2 Å². The van der Waals surface area contributed by atoms with Gasteiger partial charge in [0.25, 0.3) is 0 Å². The Morgan fingerprint density at radius 2 is 1.76 bits per heavy atom. The van der Waals surface area contributed by atoms with E-state index in [1.165, 1.54) is 32.4 Å². The third kappa shape index (κ3) is 5.22. The van der Waals surface area contributed by atoms with Gasteiger partial charge >= 0.3 is 0 Å². The number of nitrogens with zero attached hydrogens (tertiary/aromatic N) is 1. The van der Waals surface area contributed by atoms with Crippen LogP contribution < -0.4 is 5.32 Å². The Balaban J connectivity index is 1.68. The molecule has 1 heterocycles. The van der Waals surface area contributed by atoms with E-state index in [9.17, 15) is 0 Å². The van der Waals surface area contributed by atoms with Crippen LogP contribution in [0.4, 0.5) is 0 Å². The van der Waals surface area contributed by atoms with Crippen molar-refractivity contribution in [2.75, 3.05) is 32.8 Å². The summed E-state index contributed by atoms with van der Waals surface area (Å²) in [6.07, 6.45) is 5.43. The first-order valence-electron chi connectivity index (χ1n) is 9.13. The molecule has 2 atom stereocenters. The van der Waals surface area contributed by atoms with Crippen molar-refractivity contribution in [3.05, 3.63) is 0 Å². The predicted molar refractivity (Wildman–Crippen MR) is 89.6 cm³/mol. The van der Waals surface area contributed by atoms with Gasteiger partial charge in [0, 0.05) is 38.4 Å². The van der Waals surface area contributed by atoms with Crippen LogP contribution in [0.1, 0.15) is 53.4 Å². The molecule has 0 aromatic heterocycles. The highest BCUT2D eigenvalue weighted by molar-refractivity contribution is 4.95. The Kier molecular flexibility index (Phi) is 6.97. The maximum Gasteiger partial charge on any atom is 0.0489 e. The van der Waals surface area contributed by atoms with E-state index in [1.54, 1.807) is 0 Å². The Labute approximate surface area is 131 Å². The minimum Gasteiger partial charge on any atom is -0.381 e. The number of ether oxygens (including phenoxy) is 1. The van der Waals surface area contributed by atoms with Gasteiger partial charge in [-0.1, -0.05) is 20.3 Å². The molecule has 1 aliphatic carbocycles. The lowest BCUT2D eigenvalue weighted by Gasteiger charge is -2.49. The van der Waals surface area contributed by atoms with Crippen LogP contribution in [-0.2, 0) is 4.74 Å². The topological polar surface area (TPSA) is 24.5 Å². The lowest BCUT2D eigenvalue weighted by atomic mass is 9.73. The van der Waals surface area contributed by atoms with Gasteiger partial charge in [0.1, 0.15) is 0 Å². The third-order valence-electron chi connectivity index (χ3n) is 5.13. The minimum atomic E-state index is 0.651. The standard InChI is InChI=1S/C18H36N2O/c1-14(2)13-21-10-6-9-19-18-16-7-5-8-17(18)12-20(11-16)15(3)4/h14-19H,5-13H2,1-4H3. The van der Waals surface area contributed by atoms with Gasteiger partial charge in [0.2, 0.25) is 0 Å². The molecule has 2 fully saturated rings. The van der Waals surface area contributed by atoms with Crippen LogP contribution in [0.2, 0.25) is 0 Å². The van der Waals surface area contributed by atoms with Gasteiger partial charge in [-0.2, -0.15) is 0 Å². The fourth-order valence-corrected chi connectivity index (χ4v) is 3.99. The average molecular weight is 296 g/mol. The number of likely N-dealkylation sites (tertiary alicyclic amines) is 1. The molecular weight excluding hydrogens is 260 g/mol. The zero-order valence-corrected chi connectivity index (χ0v) is 14.6. The van der Waals surface area contributed by atoms with Crippen LogP contribution in [0.5, 0.6) is 0 Å². The highest BCUT2D eigenvalue weighted by Crippen LogP contribution is 2.35. The Bertz CT molecular complexity index is 279. The molecule has 21 heavy (non-hydrogen) atoms. The molecule has 3 heteroatoms. The first-order valence-corrected chi connectivity index (χ1v) is 9.13. The Morgan fingerprint density at radius 1 is 1.10 bits per heavy atom. The summed E-state index contributed by atoms with van der Waals surface area (Å²) in [4.78, 5) is 2.69. The van der Waals surface area contributed by atoms with E-state index >= 15 is 0 Å². The molecule has 2 unspecified atom stereocenters. The molecule has 2 rings (SSSR count). The summed E-state index contributed by atoms with van der Waals surface area (Å²) in [5.41, 5.74) is 0. The maximum atomic E-state index is 5.68. The van der Waals surface area contributed by atoms with Crippen LogP contribution in [0.3, 0.4) is 0 Å². The zero-order valence-electron chi connectivity index (χ0n) is 14.6. The first kappa shape index (κ1) is 17.2. The van der Waals surface area contributed by atoms with Crippen molar-refractivity contribution in [3.63, 3.8) is 0 Å². The summed E-state index contributed by atoms with van der Waals surface area (Å²) in [6.45, 7) is 14.6. The van der Waals surface area contributed by atoms with E-state index in [-0.39, 0.29) is 0 Å². The van der Waals surface area contributed by atoms with Gasteiger partial charge in [-0.05, 0) is 57.4 Å². The van der Waals surface area contributed by atoms with Gasteiger partial charge < -0.3 is 15.0 Å². The number of rotatable bonds is 8. The van der Waals surface area contributed by atoms with Crippen molar-refractivity contribution < 1.29 is 4.74 Å². The monoisotopic (exact) mass is 296 g/mol. The SMILES string of the molecule is CC(C)COCCCNC1C2CCCC1CN(C(C)C)C2. The molecule has 1 N–H and O–H groups in total. The number of piperidine rings is 1. The Hall–Kier alpha value is -0.120. The average Bonchev–Trinajstić information content (AvgIpc) is 2.41. The molecule has 124 valence electrons. The van der Waals surface area contributed by atoms with Crippen molar-refractivity contribution >= 4 is 0 Å². The predicted octanol–water partition coefficient (Wildman–Crippen LogP) is 3.15. The number of nitrogens with one attached hydrogen (secondary N) is 1. The summed E-state index contributed by atoms with van der Waals surface area (Å²) in [5.74, 6) is 2.39. The van der Waals surface area contributed by atoms with Gasteiger partial charge in [-0.3, -0.25) is 0 Å². The lowest BCUT2D eigenvalue weighted by Crippen LogP contribution is -2.58. The van der Waals surface area contributed by atoms with Crippen LogP contribution in [-0.4, -0.2) is 49.8 Å². The normalized spacial score (nSPS) is 30.3. The molecule has 0 aromatic carbocycles. The second-order valence-corrected chi connectivity index (χ2v) is 7.80. The molecular formula is C18H36N2O. The van der Waals surface area contributed by atoms with Crippen LogP contribution in [0, 0.1) is 17.8 Å². The summed E-state index contributed by atoms with van der Waals surface area (Å²) < 4.78 is 5.68. The summed E-state index contributed by atoms with van der Waals surface area (Å²) in [6, 6.07) is 1.47. The van der Waals surface area contributed by atoms with Crippen molar-refractivity contribution in [2.45, 2.75) is 65.5 Å². The second-order valence-electron chi connectivity index (χ2n) is 7.80. The number of hydrogen-bond acceptors (Lipinski definition) is 3. The van der Waals surface area contributed by atoms with E-state index in [2.05, 4.69) is 37.9 Å². The van der Waals surface area contributed by atoms with Gasteiger partial charge in [-0.15, -0.1) is 0 Å². The van der Waals surface area contributed by atoms with E-state index in [1.807, 2.05) is 0 Å². The second kappa shape index (κ2) is 8.50. The first-order chi connectivity index (χ1) is 10.1. The van der Waals surface area contributed by atoms with Gasteiger partial charge in [0.05, 0.1) is 0 Å². The molecule has 1 saturated heterocycles. The molecule has 0 radical (unpaired) electrons. The van der Waals surface area contributed by atoms with Crippen molar-refractivity contribution in [2.24, 2.45) is 17.8 Å². The summed E-state index contributed by atoms with van der Waals surface area (Å²) >= 11 is 0.